The number of halogens is 3. The fraction of sp³-hybridized carbons (Fsp3) is 0.353. The highest BCUT2D eigenvalue weighted by molar-refractivity contribution is 7.16. The summed E-state index contributed by atoms with van der Waals surface area (Å²) in [6.07, 6.45) is -3.42. The lowest BCUT2D eigenvalue weighted by atomic mass is 10.2. The van der Waals surface area contributed by atoms with E-state index in [2.05, 4.69) is 5.32 Å². The minimum atomic E-state index is -4.63. The first-order valence-electron chi connectivity index (χ1n) is 8.03. The molecule has 0 spiro atoms. The molecule has 0 bridgehead atoms. The van der Waals surface area contributed by atoms with Gasteiger partial charge in [0.15, 0.2) is 0 Å². The molecule has 2 aromatic heterocycles. The SMILES string of the molecule is CCOC(=O)c1cc(CC)sc1NC(=O)Cn1cc(C(F)(F)F)ccc1=O. The van der Waals surface area contributed by atoms with Gasteiger partial charge in [-0.2, -0.15) is 13.2 Å². The Bertz CT molecular complexity index is 902. The molecule has 1 N–H and O–H groups in total. The van der Waals surface area contributed by atoms with Crippen LogP contribution in [0, 0.1) is 0 Å². The van der Waals surface area contributed by atoms with Crippen LogP contribution in [0.4, 0.5) is 18.2 Å². The first-order valence-corrected chi connectivity index (χ1v) is 8.84. The van der Waals surface area contributed by atoms with E-state index in [1.807, 2.05) is 6.92 Å². The molecule has 2 aromatic rings. The summed E-state index contributed by atoms with van der Waals surface area (Å²) in [4.78, 5) is 36.8. The standard InChI is InChI=1S/C17H17F3N2O4S/c1-3-11-7-12(16(25)26-4-2)15(27-11)21-13(23)9-22-8-10(17(18,19)20)5-6-14(22)24/h5-8H,3-4,9H2,1-2H3,(H,21,23). The topological polar surface area (TPSA) is 77.4 Å². The van der Waals surface area contributed by atoms with Crippen molar-refractivity contribution in [3.63, 3.8) is 0 Å². The van der Waals surface area contributed by atoms with Crippen molar-refractivity contribution in [1.29, 1.82) is 0 Å². The number of amides is 1. The Morgan fingerprint density at radius 2 is 1.96 bits per heavy atom. The minimum absolute atomic E-state index is 0.156. The maximum atomic E-state index is 12.8. The normalized spacial score (nSPS) is 11.3. The van der Waals surface area contributed by atoms with E-state index >= 15 is 0 Å². The molecule has 0 aromatic carbocycles. The predicted molar refractivity (Wildman–Crippen MR) is 94.0 cm³/mol. The number of rotatable bonds is 6. The number of esters is 1. The minimum Gasteiger partial charge on any atom is -0.462 e. The third-order valence-corrected chi connectivity index (χ3v) is 4.70. The number of nitrogens with zero attached hydrogens (tertiary/aromatic N) is 1. The fourth-order valence-electron chi connectivity index (χ4n) is 2.21. The number of aromatic nitrogens is 1. The molecular formula is C17H17F3N2O4S. The Kier molecular flexibility index (Phi) is 6.42. The Balaban J connectivity index is 2.23. The van der Waals surface area contributed by atoms with E-state index in [0.29, 0.717) is 23.3 Å². The number of anilines is 1. The molecule has 0 radical (unpaired) electrons. The van der Waals surface area contributed by atoms with Crippen molar-refractivity contribution >= 4 is 28.2 Å². The molecule has 0 unspecified atom stereocenters. The zero-order valence-corrected chi connectivity index (χ0v) is 15.4. The highest BCUT2D eigenvalue weighted by Gasteiger charge is 2.31. The maximum absolute atomic E-state index is 12.8. The second kappa shape index (κ2) is 8.38. The number of thiophene rings is 1. The van der Waals surface area contributed by atoms with Crippen LogP contribution in [-0.4, -0.2) is 23.1 Å². The molecule has 0 fully saturated rings. The predicted octanol–water partition coefficient (Wildman–Crippen LogP) is 3.31. The van der Waals surface area contributed by atoms with Crippen LogP contribution in [0.25, 0.3) is 0 Å². The van der Waals surface area contributed by atoms with E-state index in [1.54, 1.807) is 13.0 Å². The lowest BCUT2D eigenvalue weighted by molar-refractivity contribution is -0.138. The van der Waals surface area contributed by atoms with E-state index in [1.165, 1.54) is 0 Å². The average Bonchev–Trinajstić information content (AvgIpc) is 2.99. The molecule has 6 nitrogen and oxygen atoms in total. The van der Waals surface area contributed by atoms with Crippen LogP contribution in [0.3, 0.4) is 0 Å². The molecule has 146 valence electrons. The van der Waals surface area contributed by atoms with Crippen LogP contribution in [0.5, 0.6) is 0 Å². The van der Waals surface area contributed by atoms with Crippen molar-refractivity contribution in [2.45, 2.75) is 33.0 Å². The highest BCUT2D eigenvalue weighted by atomic mass is 32.1. The lowest BCUT2D eigenvalue weighted by Gasteiger charge is -2.11. The number of carbonyl (C=O) groups excluding carboxylic acids is 2. The number of nitrogens with one attached hydrogen (secondary N) is 1. The van der Waals surface area contributed by atoms with Crippen LogP contribution < -0.4 is 10.9 Å². The fourth-order valence-corrected chi connectivity index (χ4v) is 3.21. The summed E-state index contributed by atoms with van der Waals surface area (Å²) < 4.78 is 43.9. The van der Waals surface area contributed by atoms with Crippen LogP contribution >= 0.6 is 11.3 Å². The third-order valence-electron chi connectivity index (χ3n) is 3.50. The van der Waals surface area contributed by atoms with Gasteiger partial charge in [-0.25, -0.2) is 4.79 Å². The molecule has 1 amide bonds. The van der Waals surface area contributed by atoms with Crippen LogP contribution in [-0.2, 0) is 28.7 Å². The summed E-state index contributed by atoms with van der Waals surface area (Å²) in [5.74, 6) is -1.34. The Morgan fingerprint density at radius 3 is 2.56 bits per heavy atom. The Hall–Kier alpha value is -2.62. The van der Waals surface area contributed by atoms with Crippen molar-refractivity contribution in [2.75, 3.05) is 11.9 Å². The second-order valence-corrected chi connectivity index (χ2v) is 6.60. The van der Waals surface area contributed by atoms with Gasteiger partial charge >= 0.3 is 12.1 Å². The zero-order chi connectivity index (χ0) is 20.2. The molecule has 0 aliphatic carbocycles. The number of carbonyl (C=O) groups is 2. The van der Waals surface area contributed by atoms with Gasteiger partial charge < -0.3 is 14.6 Å². The third kappa shape index (κ3) is 5.19. The van der Waals surface area contributed by atoms with Gasteiger partial charge in [-0.15, -0.1) is 11.3 Å². The van der Waals surface area contributed by atoms with Crippen molar-refractivity contribution in [3.8, 4) is 0 Å². The summed E-state index contributed by atoms with van der Waals surface area (Å²) in [7, 11) is 0. The highest BCUT2D eigenvalue weighted by Crippen LogP contribution is 2.30. The molecule has 0 saturated heterocycles. The van der Waals surface area contributed by atoms with Gasteiger partial charge in [0, 0.05) is 17.1 Å². The van der Waals surface area contributed by atoms with Crippen molar-refractivity contribution in [3.05, 3.63) is 50.8 Å². The van der Waals surface area contributed by atoms with Crippen molar-refractivity contribution < 1.29 is 27.5 Å². The maximum Gasteiger partial charge on any atom is 0.417 e. The number of pyridine rings is 1. The summed E-state index contributed by atoms with van der Waals surface area (Å²) >= 11 is 1.16. The van der Waals surface area contributed by atoms with E-state index in [-0.39, 0.29) is 17.2 Å². The summed E-state index contributed by atoms with van der Waals surface area (Å²) in [6.45, 7) is 3.05. The van der Waals surface area contributed by atoms with Crippen LogP contribution in [0.15, 0.2) is 29.2 Å². The molecule has 0 aliphatic rings. The smallest absolute Gasteiger partial charge is 0.417 e. The van der Waals surface area contributed by atoms with Gasteiger partial charge in [0.25, 0.3) is 5.56 Å². The summed E-state index contributed by atoms with van der Waals surface area (Å²) in [6, 6.07) is 3.00. The van der Waals surface area contributed by atoms with Gasteiger partial charge in [-0.3, -0.25) is 9.59 Å². The molecule has 2 rings (SSSR count). The molecular weight excluding hydrogens is 385 g/mol. The molecule has 10 heteroatoms. The van der Waals surface area contributed by atoms with E-state index < -0.39 is 35.7 Å². The number of alkyl halides is 3. The molecule has 0 aliphatic heterocycles. The van der Waals surface area contributed by atoms with Crippen molar-refractivity contribution in [2.24, 2.45) is 0 Å². The first-order chi connectivity index (χ1) is 12.7. The van der Waals surface area contributed by atoms with Gasteiger partial charge in [-0.1, -0.05) is 6.92 Å². The zero-order valence-electron chi connectivity index (χ0n) is 14.6. The number of aryl methyl sites for hydroxylation is 1. The van der Waals surface area contributed by atoms with Gasteiger partial charge in [0.2, 0.25) is 5.91 Å². The van der Waals surface area contributed by atoms with E-state index in [0.717, 1.165) is 22.3 Å². The lowest BCUT2D eigenvalue weighted by Crippen LogP contribution is -2.28. The first kappa shape index (κ1) is 20.7. The molecule has 0 atom stereocenters. The average molecular weight is 402 g/mol. The van der Waals surface area contributed by atoms with E-state index in [4.69, 9.17) is 4.74 Å². The summed E-state index contributed by atoms with van der Waals surface area (Å²) in [5.41, 5.74) is -1.61. The van der Waals surface area contributed by atoms with Gasteiger partial charge in [0.1, 0.15) is 11.5 Å². The molecule has 27 heavy (non-hydrogen) atoms. The molecule has 2 heterocycles. The molecule has 0 saturated carbocycles. The number of hydrogen-bond donors (Lipinski definition) is 1. The van der Waals surface area contributed by atoms with Gasteiger partial charge in [0.05, 0.1) is 17.7 Å². The largest absolute Gasteiger partial charge is 0.462 e. The number of ether oxygens (including phenoxy) is 1. The van der Waals surface area contributed by atoms with Crippen molar-refractivity contribution in [1.82, 2.24) is 4.57 Å². The number of hydrogen-bond acceptors (Lipinski definition) is 5. The second-order valence-electron chi connectivity index (χ2n) is 5.46. The van der Waals surface area contributed by atoms with Crippen LogP contribution in [0.2, 0.25) is 0 Å². The van der Waals surface area contributed by atoms with Crippen LogP contribution in [0.1, 0.15) is 34.6 Å². The van der Waals surface area contributed by atoms with E-state index in [9.17, 15) is 27.6 Å². The van der Waals surface area contributed by atoms with Gasteiger partial charge in [-0.05, 0) is 25.5 Å². The quantitative estimate of drug-likeness (QED) is 0.752. The summed E-state index contributed by atoms with van der Waals surface area (Å²) in [5, 5.41) is 2.71. The monoisotopic (exact) mass is 402 g/mol. The Labute approximate surface area is 156 Å². The Morgan fingerprint density at radius 1 is 1.26 bits per heavy atom.